The molecule has 6 nitrogen and oxygen atoms in total. The van der Waals surface area contributed by atoms with E-state index in [9.17, 15) is 9.59 Å². The zero-order chi connectivity index (χ0) is 20.1. The van der Waals surface area contributed by atoms with Crippen molar-refractivity contribution in [2.75, 3.05) is 13.7 Å². The molecular formula is C20H31NO5. The molecule has 6 heteroatoms. The lowest BCUT2D eigenvalue weighted by Crippen LogP contribution is -2.38. The van der Waals surface area contributed by atoms with Gasteiger partial charge in [0.05, 0.1) is 13.7 Å². The third-order valence-corrected chi connectivity index (χ3v) is 3.65. The third-order valence-electron chi connectivity index (χ3n) is 3.65. The van der Waals surface area contributed by atoms with Crippen LogP contribution in [0.25, 0.3) is 0 Å². The molecule has 0 aromatic heterocycles. The van der Waals surface area contributed by atoms with Gasteiger partial charge in [-0.3, -0.25) is 4.79 Å². The van der Waals surface area contributed by atoms with Gasteiger partial charge in [-0.25, -0.2) is 4.79 Å². The smallest absolute Gasteiger partial charge is 0.341 e. The van der Waals surface area contributed by atoms with Gasteiger partial charge in [-0.15, -0.1) is 0 Å². The SMILES string of the molecule is COC(=O)c1ccc(C(C)(C)C)cc1OCCC(N)C(=O)OC(C)(C)C. The monoisotopic (exact) mass is 365 g/mol. The second kappa shape index (κ2) is 8.54. The summed E-state index contributed by atoms with van der Waals surface area (Å²) < 4.78 is 15.8. The molecule has 0 saturated heterocycles. The number of esters is 2. The summed E-state index contributed by atoms with van der Waals surface area (Å²) in [4.78, 5) is 23.9. The number of carbonyl (C=O) groups is 2. The summed E-state index contributed by atoms with van der Waals surface area (Å²) in [6.45, 7) is 11.8. The topological polar surface area (TPSA) is 87.9 Å². The Kier molecular flexibility index (Phi) is 7.21. The van der Waals surface area contributed by atoms with Crippen molar-refractivity contribution < 1.29 is 23.8 Å². The van der Waals surface area contributed by atoms with Gasteiger partial charge in [-0.05, 0) is 43.9 Å². The first-order valence-electron chi connectivity index (χ1n) is 8.69. The molecule has 1 rings (SSSR count). The molecule has 0 aliphatic carbocycles. The number of nitrogens with two attached hydrogens (primary N) is 1. The largest absolute Gasteiger partial charge is 0.493 e. The Morgan fingerprint density at radius 1 is 1.12 bits per heavy atom. The first-order chi connectivity index (χ1) is 11.8. The predicted molar refractivity (Wildman–Crippen MR) is 100 cm³/mol. The van der Waals surface area contributed by atoms with Crippen LogP contribution in [-0.4, -0.2) is 37.3 Å². The Labute approximate surface area is 156 Å². The lowest BCUT2D eigenvalue weighted by Gasteiger charge is -2.23. The van der Waals surface area contributed by atoms with Crippen molar-refractivity contribution in [2.24, 2.45) is 5.73 Å². The zero-order valence-corrected chi connectivity index (χ0v) is 16.8. The lowest BCUT2D eigenvalue weighted by atomic mass is 9.86. The summed E-state index contributed by atoms with van der Waals surface area (Å²) in [6.07, 6.45) is 0.273. The van der Waals surface area contributed by atoms with Crippen molar-refractivity contribution in [3.05, 3.63) is 29.3 Å². The van der Waals surface area contributed by atoms with E-state index in [0.29, 0.717) is 11.3 Å². The molecule has 0 radical (unpaired) electrons. The minimum absolute atomic E-state index is 0.0975. The van der Waals surface area contributed by atoms with Gasteiger partial charge in [0.2, 0.25) is 0 Å². The van der Waals surface area contributed by atoms with Gasteiger partial charge in [-0.2, -0.15) is 0 Å². The van der Waals surface area contributed by atoms with E-state index in [1.54, 1.807) is 26.8 Å². The first kappa shape index (κ1) is 22.0. The molecule has 0 saturated carbocycles. The first-order valence-corrected chi connectivity index (χ1v) is 8.69. The van der Waals surface area contributed by atoms with Crippen molar-refractivity contribution in [3.63, 3.8) is 0 Å². The van der Waals surface area contributed by atoms with Crippen LogP contribution in [0.3, 0.4) is 0 Å². The average molecular weight is 365 g/mol. The van der Waals surface area contributed by atoms with Crippen LogP contribution in [0.5, 0.6) is 5.75 Å². The molecule has 0 bridgehead atoms. The number of methoxy groups -OCH3 is 1. The van der Waals surface area contributed by atoms with E-state index < -0.39 is 23.6 Å². The highest BCUT2D eigenvalue weighted by molar-refractivity contribution is 5.92. The Morgan fingerprint density at radius 3 is 2.23 bits per heavy atom. The van der Waals surface area contributed by atoms with Crippen LogP contribution in [0.4, 0.5) is 0 Å². The van der Waals surface area contributed by atoms with Gasteiger partial charge in [0.15, 0.2) is 0 Å². The normalized spacial score (nSPS) is 13.1. The Balaban J connectivity index is 2.84. The second-order valence-electron chi connectivity index (χ2n) is 8.23. The van der Waals surface area contributed by atoms with Gasteiger partial charge in [0, 0.05) is 6.42 Å². The van der Waals surface area contributed by atoms with Crippen molar-refractivity contribution in [2.45, 2.75) is 65.0 Å². The second-order valence-corrected chi connectivity index (χ2v) is 8.23. The summed E-state index contributed by atoms with van der Waals surface area (Å²) in [6, 6.07) is 4.60. The molecule has 0 aliphatic rings. The molecule has 2 N–H and O–H groups in total. The van der Waals surface area contributed by atoms with Gasteiger partial charge in [0.25, 0.3) is 0 Å². The number of carbonyl (C=O) groups excluding carboxylic acids is 2. The predicted octanol–water partition coefficient (Wildman–Crippen LogP) is 3.21. The van der Waals surface area contributed by atoms with E-state index in [1.807, 2.05) is 12.1 Å². The van der Waals surface area contributed by atoms with Crippen LogP contribution in [0, 0.1) is 0 Å². The number of hydrogen-bond donors (Lipinski definition) is 1. The maximum absolute atomic E-state index is 12.0. The minimum atomic E-state index is -0.790. The van der Waals surface area contributed by atoms with Gasteiger partial charge < -0.3 is 19.9 Å². The fraction of sp³-hybridized carbons (Fsp3) is 0.600. The van der Waals surface area contributed by atoms with Gasteiger partial charge in [0.1, 0.15) is 23.0 Å². The standard InChI is InChI=1S/C20H31NO5/c1-19(2,3)13-8-9-14(17(22)24-7)16(12-13)25-11-10-15(21)18(23)26-20(4,5)6/h8-9,12,15H,10-11,21H2,1-7H3. The van der Waals surface area contributed by atoms with Crippen molar-refractivity contribution >= 4 is 11.9 Å². The van der Waals surface area contributed by atoms with Crippen molar-refractivity contribution in [3.8, 4) is 5.75 Å². The molecule has 26 heavy (non-hydrogen) atoms. The van der Waals surface area contributed by atoms with E-state index in [2.05, 4.69) is 20.8 Å². The fourth-order valence-electron chi connectivity index (χ4n) is 2.18. The van der Waals surface area contributed by atoms with Crippen LogP contribution >= 0.6 is 0 Å². The van der Waals surface area contributed by atoms with Crippen molar-refractivity contribution in [1.82, 2.24) is 0 Å². The third kappa shape index (κ3) is 6.67. The maximum atomic E-state index is 12.0. The Bertz CT molecular complexity index is 641. The van der Waals surface area contributed by atoms with Crippen LogP contribution in [0.1, 0.15) is 63.9 Å². The summed E-state index contributed by atoms with van der Waals surface area (Å²) in [5, 5.41) is 0. The highest BCUT2D eigenvalue weighted by atomic mass is 16.6. The molecule has 0 aliphatic heterocycles. The van der Waals surface area contributed by atoms with Crippen LogP contribution in [-0.2, 0) is 19.7 Å². The molecular weight excluding hydrogens is 334 g/mol. The highest BCUT2D eigenvalue weighted by Gasteiger charge is 2.23. The zero-order valence-electron chi connectivity index (χ0n) is 16.8. The van der Waals surface area contributed by atoms with E-state index >= 15 is 0 Å². The average Bonchev–Trinajstić information content (AvgIpc) is 2.51. The minimum Gasteiger partial charge on any atom is -0.493 e. The molecule has 1 aromatic carbocycles. The number of rotatable bonds is 6. The lowest BCUT2D eigenvalue weighted by molar-refractivity contribution is -0.156. The van der Waals surface area contributed by atoms with Gasteiger partial charge >= 0.3 is 11.9 Å². The summed E-state index contributed by atoms with van der Waals surface area (Å²) >= 11 is 0. The highest BCUT2D eigenvalue weighted by Crippen LogP contribution is 2.29. The quantitative estimate of drug-likeness (QED) is 0.779. The van der Waals surface area contributed by atoms with Crippen LogP contribution < -0.4 is 10.5 Å². The molecule has 1 aromatic rings. The molecule has 146 valence electrons. The van der Waals surface area contributed by atoms with Crippen LogP contribution in [0.15, 0.2) is 18.2 Å². The van der Waals surface area contributed by atoms with Gasteiger partial charge in [-0.1, -0.05) is 26.8 Å². The molecule has 0 spiro atoms. The van der Waals surface area contributed by atoms with E-state index in [1.165, 1.54) is 7.11 Å². The molecule has 0 amide bonds. The fourth-order valence-corrected chi connectivity index (χ4v) is 2.18. The summed E-state index contributed by atoms with van der Waals surface area (Å²) in [7, 11) is 1.32. The number of benzene rings is 1. The Morgan fingerprint density at radius 2 is 1.73 bits per heavy atom. The summed E-state index contributed by atoms with van der Waals surface area (Å²) in [5.74, 6) is -0.532. The molecule has 0 fully saturated rings. The molecule has 0 heterocycles. The Hall–Kier alpha value is -2.08. The number of hydrogen-bond acceptors (Lipinski definition) is 6. The molecule has 1 atom stereocenters. The van der Waals surface area contributed by atoms with E-state index in [0.717, 1.165) is 5.56 Å². The van der Waals surface area contributed by atoms with Crippen LogP contribution in [0.2, 0.25) is 0 Å². The summed E-state index contributed by atoms with van der Waals surface area (Å²) in [5.41, 5.74) is 6.54. The number of ether oxygens (including phenoxy) is 3. The molecule has 1 unspecified atom stereocenters. The maximum Gasteiger partial charge on any atom is 0.341 e. The van der Waals surface area contributed by atoms with E-state index in [4.69, 9.17) is 19.9 Å². The van der Waals surface area contributed by atoms with Crippen molar-refractivity contribution in [1.29, 1.82) is 0 Å². The van der Waals surface area contributed by atoms with E-state index in [-0.39, 0.29) is 18.4 Å².